The first-order valence-electron chi connectivity index (χ1n) is 6.27. The number of hydrogen-bond donors (Lipinski definition) is 1. The zero-order chi connectivity index (χ0) is 14.5. The van der Waals surface area contributed by atoms with Crippen molar-refractivity contribution in [2.45, 2.75) is 26.0 Å². The molecule has 0 saturated carbocycles. The second-order valence-electron chi connectivity index (χ2n) is 4.27. The van der Waals surface area contributed by atoms with E-state index in [4.69, 9.17) is 18.0 Å². The molecule has 0 radical (unpaired) electrons. The van der Waals surface area contributed by atoms with E-state index >= 15 is 0 Å². The van der Waals surface area contributed by atoms with Crippen LogP contribution < -0.4 is 5.73 Å². The lowest BCUT2D eigenvalue weighted by Gasteiger charge is -2.20. The molecule has 1 rings (SSSR count). The van der Waals surface area contributed by atoms with Gasteiger partial charge >= 0.3 is 0 Å². The van der Waals surface area contributed by atoms with Gasteiger partial charge in [-0.15, -0.1) is 0 Å². The maximum absolute atomic E-state index is 12.3. The zero-order valence-corrected chi connectivity index (χ0v) is 12.9. The quantitative estimate of drug-likeness (QED) is 0.781. The van der Waals surface area contributed by atoms with Crippen molar-refractivity contribution in [3.05, 3.63) is 35.4 Å². The first-order valence-corrected chi connectivity index (χ1v) is 8.29. The van der Waals surface area contributed by atoms with Gasteiger partial charge < -0.3 is 5.73 Å². The third-order valence-corrected chi connectivity index (χ3v) is 4.96. The molecule has 0 atom stereocenters. The van der Waals surface area contributed by atoms with Crippen molar-refractivity contribution in [3.63, 3.8) is 0 Å². The molecule has 0 unspecified atom stereocenters. The SMILES string of the molecule is CCCN(CC)S(=O)(=O)Cc1ccccc1C(N)=S. The summed E-state index contributed by atoms with van der Waals surface area (Å²) in [6.45, 7) is 4.81. The van der Waals surface area contributed by atoms with Crippen LogP contribution in [0.5, 0.6) is 0 Å². The molecule has 0 saturated heterocycles. The molecule has 2 N–H and O–H groups in total. The van der Waals surface area contributed by atoms with Crippen LogP contribution in [0, 0.1) is 0 Å². The van der Waals surface area contributed by atoms with Gasteiger partial charge in [0.15, 0.2) is 0 Å². The lowest BCUT2D eigenvalue weighted by molar-refractivity contribution is 0.426. The van der Waals surface area contributed by atoms with Gasteiger partial charge in [0.1, 0.15) is 4.99 Å². The first kappa shape index (κ1) is 16.1. The molecule has 106 valence electrons. The molecule has 1 aromatic rings. The molecule has 19 heavy (non-hydrogen) atoms. The molecule has 0 amide bonds. The number of nitrogens with zero attached hydrogens (tertiary/aromatic N) is 1. The first-order chi connectivity index (χ1) is 8.92. The Morgan fingerprint density at radius 2 is 1.95 bits per heavy atom. The fourth-order valence-corrected chi connectivity index (χ4v) is 3.80. The van der Waals surface area contributed by atoms with Crippen molar-refractivity contribution in [1.29, 1.82) is 0 Å². The van der Waals surface area contributed by atoms with Crippen LogP contribution in [0.1, 0.15) is 31.4 Å². The minimum Gasteiger partial charge on any atom is -0.389 e. The van der Waals surface area contributed by atoms with Crippen LogP contribution in [0.15, 0.2) is 24.3 Å². The van der Waals surface area contributed by atoms with Crippen molar-refractivity contribution < 1.29 is 8.42 Å². The number of hydrogen-bond acceptors (Lipinski definition) is 3. The standard InChI is InChI=1S/C13H20N2O2S2/c1-3-9-15(4-2)19(16,17)10-11-7-5-6-8-12(11)13(14)18/h5-8H,3-4,9-10H2,1-2H3,(H2,14,18). The predicted molar refractivity (Wildman–Crippen MR) is 82.5 cm³/mol. The average Bonchev–Trinajstić information content (AvgIpc) is 2.35. The summed E-state index contributed by atoms with van der Waals surface area (Å²) in [5, 5.41) is 0. The normalized spacial score (nSPS) is 11.7. The Balaban J connectivity index is 3.04. The Hall–Kier alpha value is -0.980. The molecule has 6 heteroatoms. The molecule has 0 aromatic heterocycles. The highest BCUT2D eigenvalue weighted by molar-refractivity contribution is 7.88. The van der Waals surface area contributed by atoms with Crippen LogP contribution >= 0.6 is 12.2 Å². The summed E-state index contributed by atoms with van der Waals surface area (Å²) in [6, 6.07) is 7.10. The Bertz CT molecular complexity index is 541. The fraction of sp³-hybridized carbons (Fsp3) is 0.462. The second-order valence-corrected chi connectivity index (χ2v) is 6.68. The monoisotopic (exact) mass is 300 g/mol. The van der Waals surface area contributed by atoms with Gasteiger partial charge in [-0.05, 0) is 12.0 Å². The number of rotatable bonds is 7. The molecule has 0 aliphatic heterocycles. The van der Waals surface area contributed by atoms with Gasteiger partial charge in [0.2, 0.25) is 10.0 Å². The van der Waals surface area contributed by atoms with Crippen LogP contribution in [0.25, 0.3) is 0 Å². The van der Waals surface area contributed by atoms with Crippen molar-refractivity contribution in [2.24, 2.45) is 5.73 Å². The number of benzene rings is 1. The van der Waals surface area contributed by atoms with Gasteiger partial charge in [0.25, 0.3) is 0 Å². The molecule has 0 heterocycles. The second kappa shape index (κ2) is 6.98. The van der Waals surface area contributed by atoms with E-state index in [-0.39, 0.29) is 10.7 Å². The zero-order valence-electron chi connectivity index (χ0n) is 11.3. The van der Waals surface area contributed by atoms with Gasteiger partial charge in [-0.2, -0.15) is 0 Å². The van der Waals surface area contributed by atoms with E-state index in [0.29, 0.717) is 24.2 Å². The summed E-state index contributed by atoms with van der Waals surface area (Å²) in [4.78, 5) is 0.226. The minimum atomic E-state index is -3.33. The van der Waals surface area contributed by atoms with Crippen molar-refractivity contribution in [1.82, 2.24) is 4.31 Å². The maximum Gasteiger partial charge on any atom is 0.218 e. The van der Waals surface area contributed by atoms with Crippen molar-refractivity contribution in [3.8, 4) is 0 Å². The van der Waals surface area contributed by atoms with Gasteiger partial charge in [-0.1, -0.05) is 50.3 Å². The third kappa shape index (κ3) is 4.26. The van der Waals surface area contributed by atoms with E-state index in [9.17, 15) is 8.42 Å². The van der Waals surface area contributed by atoms with E-state index in [2.05, 4.69) is 0 Å². The highest BCUT2D eigenvalue weighted by Crippen LogP contribution is 2.15. The van der Waals surface area contributed by atoms with Gasteiger partial charge in [0.05, 0.1) is 5.75 Å². The van der Waals surface area contributed by atoms with Crippen molar-refractivity contribution in [2.75, 3.05) is 13.1 Å². The molecule has 0 aliphatic rings. The van der Waals surface area contributed by atoms with Crippen LogP contribution in [-0.4, -0.2) is 30.8 Å². The average molecular weight is 300 g/mol. The Labute approximate surface area is 120 Å². The minimum absolute atomic E-state index is 0.0612. The smallest absolute Gasteiger partial charge is 0.218 e. The maximum atomic E-state index is 12.3. The summed E-state index contributed by atoms with van der Waals surface area (Å²) in [7, 11) is -3.33. The molecule has 0 aliphatic carbocycles. The van der Waals surface area contributed by atoms with Gasteiger partial charge in [-0.25, -0.2) is 12.7 Å². The van der Waals surface area contributed by atoms with E-state index in [1.165, 1.54) is 4.31 Å². The molecular weight excluding hydrogens is 280 g/mol. The summed E-state index contributed by atoms with van der Waals surface area (Å²) in [6.07, 6.45) is 0.796. The lowest BCUT2D eigenvalue weighted by Crippen LogP contribution is -2.33. The number of nitrogens with two attached hydrogens (primary N) is 1. The van der Waals surface area contributed by atoms with Gasteiger partial charge in [-0.3, -0.25) is 0 Å². The van der Waals surface area contributed by atoms with Crippen LogP contribution in [0.3, 0.4) is 0 Å². The molecule has 0 fully saturated rings. The van der Waals surface area contributed by atoms with E-state index in [1.54, 1.807) is 24.3 Å². The molecule has 0 bridgehead atoms. The summed E-state index contributed by atoms with van der Waals surface area (Å²) in [5.74, 6) is -0.0612. The Kier molecular flexibility index (Phi) is 5.90. The fourth-order valence-electron chi connectivity index (χ4n) is 1.92. The lowest BCUT2D eigenvalue weighted by atomic mass is 10.1. The molecule has 1 aromatic carbocycles. The molecular formula is C13H20N2O2S2. The summed E-state index contributed by atoms with van der Waals surface area (Å²) in [5.41, 5.74) is 6.91. The van der Waals surface area contributed by atoms with E-state index in [0.717, 1.165) is 6.42 Å². The molecule has 0 spiro atoms. The van der Waals surface area contributed by atoms with Crippen molar-refractivity contribution >= 4 is 27.2 Å². The highest BCUT2D eigenvalue weighted by atomic mass is 32.2. The van der Waals surface area contributed by atoms with Crippen LogP contribution in [-0.2, 0) is 15.8 Å². The molecule has 4 nitrogen and oxygen atoms in total. The van der Waals surface area contributed by atoms with Crippen LogP contribution in [0.2, 0.25) is 0 Å². The van der Waals surface area contributed by atoms with E-state index < -0.39 is 10.0 Å². The van der Waals surface area contributed by atoms with Crippen LogP contribution in [0.4, 0.5) is 0 Å². The van der Waals surface area contributed by atoms with E-state index in [1.807, 2.05) is 13.8 Å². The number of sulfonamides is 1. The number of thiocarbonyl (C=S) groups is 1. The topological polar surface area (TPSA) is 63.4 Å². The predicted octanol–water partition coefficient (Wildman–Crippen LogP) is 1.88. The summed E-state index contributed by atoms with van der Waals surface area (Å²) < 4.78 is 26.2. The largest absolute Gasteiger partial charge is 0.389 e. The summed E-state index contributed by atoms with van der Waals surface area (Å²) >= 11 is 4.95. The highest BCUT2D eigenvalue weighted by Gasteiger charge is 2.21. The van der Waals surface area contributed by atoms with Gasteiger partial charge in [0, 0.05) is 18.7 Å². The third-order valence-electron chi connectivity index (χ3n) is 2.84. The Morgan fingerprint density at radius 1 is 1.32 bits per heavy atom. The Morgan fingerprint density at radius 3 is 2.47 bits per heavy atom.